The Morgan fingerprint density at radius 3 is 2.42 bits per heavy atom. The molecule has 1 rings (SSSR count). The van der Waals surface area contributed by atoms with Gasteiger partial charge < -0.3 is 5.32 Å². The highest BCUT2D eigenvalue weighted by Crippen LogP contribution is 2.16. The summed E-state index contributed by atoms with van der Waals surface area (Å²) in [6.45, 7) is 8.61. The van der Waals surface area contributed by atoms with Gasteiger partial charge in [0, 0.05) is 6.04 Å². The van der Waals surface area contributed by atoms with E-state index in [2.05, 4.69) is 12.2 Å². The smallest absolute Gasteiger partial charge is 0.158 e. The Morgan fingerprint density at radius 2 is 1.84 bits per heavy atom. The zero-order valence-electron chi connectivity index (χ0n) is 12.3. The van der Waals surface area contributed by atoms with Gasteiger partial charge in [-0.2, -0.15) is 0 Å². The average Bonchev–Trinajstić information content (AvgIpc) is 2.37. The number of nitrogens with one attached hydrogen (secondary N) is 1. The fraction of sp³-hybridized carbons (Fsp3) is 0.600. The van der Waals surface area contributed by atoms with Crippen LogP contribution in [0.1, 0.15) is 38.3 Å². The summed E-state index contributed by atoms with van der Waals surface area (Å²) in [7, 11) is -3.13. The van der Waals surface area contributed by atoms with Crippen LogP contribution in [-0.2, 0) is 15.6 Å². The van der Waals surface area contributed by atoms with Crippen LogP contribution in [0.5, 0.6) is 0 Å². The van der Waals surface area contributed by atoms with Gasteiger partial charge in [-0.05, 0) is 44.9 Å². The van der Waals surface area contributed by atoms with Crippen molar-refractivity contribution in [2.24, 2.45) is 0 Å². The largest absolute Gasteiger partial charge is 0.313 e. The Bertz CT molecular complexity index is 497. The first-order valence-electron chi connectivity index (χ1n) is 6.88. The summed E-state index contributed by atoms with van der Waals surface area (Å²) in [6, 6.07) is 7.65. The molecule has 108 valence electrons. The van der Waals surface area contributed by atoms with Gasteiger partial charge in [-0.3, -0.25) is 0 Å². The van der Waals surface area contributed by atoms with Crippen molar-refractivity contribution in [3.05, 3.63) is 35.4 Å². The minimum Gasteiger partial charge on any atom is -0.313 e. The molecule has 2 atom stereocenters. The number of sulfone groups is 1. The van der Waals surface area contributed by atoms with E-state index in [4.69, 9.17) is 0 Å². The monoisotopic (exact) mass is 283 g/mol. The fourth-order valence-electron chi connectivity index (χ4n) is 1.97. The summed E-state index contributed by atoms with van der Waals surface area (Å²) in [6.07, 6.45) is 1.01. The van der Waals surface area contributed by atoms with Crippen molar-refractivity contribution >= 4 is 9.84 Å². The van der Waals surface area contributed by atoms with E-state index in [1.54, 1.807) is 6.92 Å². The maximum Gasteiger partial charge on any atom is 0.158 e. The average molecular weight is 283 g/mol. The number of benzene rings is 1. The number of aryl methyl sites for hydroxylation is 1. The maximum absolute atomic E-state index is 12.4. The molecule has 1 aromatic carbocycles. The molecule has 0 saturated carbocycles. The number of rotatable bonds is 7. The highest BCUT2D eigenvalue weighted by Gasteiger charge is 2.26. The molecule has 0 amide bonds. The lowest BCUT2D eigenvalue weighted by molar-refractivity contribution is 0.508. The first-order valence-corrected chi connectivity index (χ1v) is 8.59. The molecular formula is C15H25NO2S. The van der Waals surface area contributed by atoms with Crippen molar-refractivity contribution in [2.75, 3.05) is 6.54 Å². The highest BCUT2D eigenvalue weighted by atomic mass is 32.2. The molecule has 1 aromatic rings. The molecule has 0 fully saturated rings. The summed E-state index contributed by atoms with van der Waals surface area (Å²) in [4.78, 5) is 0. The van der Waals surface area contributed by atoms with Crippen LogP contribution in [0, 0.1) is 6.92 Å². The lowest BCUT2D eigenvalue weighted by Crippen LogP contribution is -2.41. The molecule has 1 N–H and O–H groups in total. The molecule has 0 radical (unpaired) electrons. The predicted molar refractivity (Wildman–Crippen MR) is 81.0 cm³/mol. The van der Waals surface area contributed by atoms with E-state index in [-0.39, 0.29) is 17.0 Å². The van der Waals surface area contributed by atoms with Gasteiger partial charge in [-0.1, -0.05) is 31.2 Å². The summed E-state index contributed by atoms with van der Waals surface area (Å²) in [5.41, 5.74) is 1.93. The van der Waals surface area contributed by atoms with Gasteiger partial charge in [0.05, 0.1) is 11.0 Å². The quantitative estimate of drug-likeness (QED) is 0.837. The molecule has 19 heavy (non-hydrogen) atoms. The van der Waals surface area contributed by atoms with Crippen LogP contribution in [0.2, 0.25) is 0 Å². The van der Waals surface area contributed by atoms with Gasteiger partial charge in [-0.25, -0.2) is 8.42 Å². The summed E-state index contributed by atoms with van der Waals surface area (Å²) >= 11 is 0. The molecule has 0 heterocycles. The van der Waals surface area contributed by atoms with E-state index in [0.717, 1.165) is 24.1 Å². The van der Waals surface area contributed by atoms with E-state index in [1.165, 1.54) is 0 Å². The molecule has 3 nitrogen and oxygen atoms in total. The van der Waals surface area contributed by atoms with Crippen LogP contribution in [0.15, 0.2) is 24.3 Å². The van der Waals surface area contributed by atoms with E-state index >= 15 is 0 Å². The van der Waals surface area contributed by atoms with Crippen LogP contribution < -0.4 is 5.32 Å². The Balaban J connectivity index is 2.78. The van der Waals surface area contributed by atoms with Crippen LogP contribution in [0.25, 0.3) is 0 Å². The summed E-state index contributed by atoms with van der Waals surface area (Å²) < 4.78 is 24.8. The lowest BCUT2D eigenvalue weighted by atomic mass is 10.1. The second kappa shape index (κ2) is 7.06. The molecule has 4 heteroatoms. The topological polar surface area (TPSA) is 46.2 Å². The molecule has 0 aliphatic rings. The Kier molecular flexibility index (Phi) is 6.01. The molecular weight excluding hydrogens is 258 g/mol. The third-order valence-corrected chi connectivity index (χ3v) is 5.86. The Hall–Kier alpha value is -0.870. The van der Waals surface area contributed by atoms with E-state index in [1.807, 2.05) is 38.1 Å². The lowest BCUT2D eigenvalue weighted by Gasteiger charge is -2.21. The summed E-state index contributed by atoms with van der Waals surface area (Å²) in [5, 5.41) is 2.88. The van der Waals surface area contributed by atoms with Crippen molar-refractivity contribution in [2.45, 2.75) is 51.2 Å². The van der Waals surface area contributed by atoms with Crippen LogP contribution in [0.3, 0.4) is 0 Å². The van der Waals surface area contributed by atoms with Crippen molar-refractivity contribution in [3.8, 4) is 0 Å². The van der Waals surface area contributed by atoms with E-state index in [0.29, 0.717) is 0 Å². The molecule has 0 bridgehead atoms. The maximum atomic E-state index is 12.4. The minimum absolute atomic E-state index is 0.0195. The third-order valence-electron chi connectivity index (χ3n) is 3.60. The van der Waals surface area contributed by atoms with Gasteiger partial charge in [0.25, 0.3) is 0 Å². The van der Waals surface area contributed by atoms with Gasteiger partial charge in [0.15, 0.2) is 9.84 Å². The van der Waals surface area contributed by atoms with Crippen molar-refractivity contribution in [3.63, 3.8) is 0 Å². The summed E-state index contributed by atoms with van der Waals surface area (Å²) in [5.74, 6) is 0.124. The zero-order chi connectivity index (χ0) is 14.5. The molecule has 0 aromatic heterocycles. The first kappa shape index (κ1) is 16.2. The van der Waals surface area contributed by atoms with Crippen molar-refractivity contribution < 1.29 is 8.42 Å². The standard InChI is InChI=1S/C15H25NO2S/c1-5-10-16-13(3)14(4)19(17,18)11-15-9-7-6-8-12(15)2/h6-9,13-14,16H,5,10-11H2,1-4H3. The zero-order valence-corrected chi connectivity index (χ0v) is 13.1. The predicted octanol–water partition coefficient (Wildman–Crippen LogP) is 2.69. The first-order chi connectivity index (χ1) is 8.88. The minimum atomic E-state index is -3.13. The van der Waals surface area contributed by atoms with Crippen LogP contribution in [0.4, 0.5) is 0 Å². The Labute approximate surface area is 117 Å². The van der Waals surface area contributed by atoms with E-state index in [9.17, 15) is 8.42 Å². The van der Waals surface area contributed by atoms with Gasteiger partial charge >= 0.3 is 0 Å². The van der Waals surface area contributed by atoms with Crippen LogP contribution in [-0.4, -0.2) is 26.3 Å². The SMILES string of the molecule is CCCNC(C)C(C)S(=O)(=O)Cc1ccccc1C. The highest BCUT2D eigenvalue weighted by molar-refractivity contribution is 7.91. The fourth-order valence-corrected chi connectivity index (χ4v) is 3.71. The third kappa shape index (κ3) is 4.62. The molecule has 0 spiro atoms. The molecule has 2 unspecified atom stereocenters. The second-order valence-corrected chi connectivity index (χ2v) is 7.54. The van der Waals surface area contributed by atoms with E-state index < -0.39 is 9.84 Å². The van der Waals surface area contributed by atoms with Gasteiger partial charge in [0.2, 0.25) is 0 Å². The van der Waals surface area contributed by atoms with Gasteiger partial charge in [0.1, 0.15) is 0 Å². The molecule has 0 aliphatic carbocycles. The van der Waals surface area contributed by atoms with Crippen LogP contribution >= 0.6 is 0 Å². The van der Waals surface area contributed by atoms with Crippen molar-refractivity contribution in [1.82, 2.24) is 5.32 Å². The normalized spacial score (nSPS) is 15.2. The molecule has 0 saturated heterocycles. The van der Waals surface area contributed by atoms with Gasteiger partial charge in [-0.15, -0.1) is 0 Å². The second-order valence-electron chi connectivity index (χ2n) is 5.18. The molecule has 0 aliphatic heterocycles. The van der Waals surface area contributed by atoms with Crippen molar-refractivity contribution in [1.29, 1.82) is 0 Å². The number of hydrogen-bond donors (Lipinski definition) is 1. The Morgan fingerprint density at radius 1 is 1.21 bits per heavy atom. The number of hydrogen-bond acceptors (Lipinski definition) is 3.